The van der Waals surface area contributed by atoms with E-state index >= 15 is 0 Å². The fraction of sp³-hybridized carbons (Fsp3) is 0.588. The van der Waals surface area contributed by atoms with Gasteiger partial charge in [-0.25, -0.2) is 0 Å². The molecule has 116 valence electrons. The third kappa shape index (κ3) is 4.07. The molecular weight excluding hydrogens is 328 g/mol. The number of halogens is 1. The van der Waals surface area contributed by atoms with Crippen LogP contribution in [0.4, 0.5) is 0 Å². The van der Waals surface area contributed by atoms with E-state index in [1.54, 1.807) is 0 Å². The Morgan fingerprint density at radius 3 is 2.62 bits per heavy atom. The number of benzene rings is 1. The molecule has 0 atom stereocenters. The van der Waals surface area contributed by atoms with Gasteiger partial charge in [-0.15, -0.1) is 0 Å². The smallest absolute Gasteiger partial charge is 0.255 e. The third-order valence-electron chi connectivity index (χ3n) is 4.26. The number of aryl methyl sites for hydroxylation is 1. The van der Waals surface area contributed by atoms with Gasteiger partial charge >= 0.3 is 0 Å². The molecular formula is C17H25BrN2O. The first-order chi connectivity index (χ1) is 10.0. The molecule has 2 rings (SSSR count). The minimum absolute atomic E-state index is 0.146. The van der Waals surface area contributed by atoms with E-state index in [2.05, 4.69) is 27.8 Å². The summed E-state index contributed by atoms with van der Waals surface area (Å²) in [5.41, 5.74) is 7.88. The Morgan fingerprint density at radius 2 is 2.00 bits per heavy atom. The van der Waals surface area contributed by atoms with E-state index in [1.165, 1.54) is 0 Å². The van der Waals surface area contributed by atoms with Crippen LogP contribution in [0, 0.1) is 6.92 Å². The number of hydrogen-bond acceptors (Lipinski definition) is 2. The summed E-state index contributed by atoms with van der Waals surface area (Å²) in [4.78, 5) is 15.0. The molecule has 0 bridgehead atoms. The normalized spacial score (nSPS) is 22.1. The van der Waals surface area contributed by atoms with E-state index < -0.39 is 0 Å². The quantitative estimate of drug-likeness (QED) is 0.893. The number of amides is 1. The van der Waals surface area contributed by atoms with E-state index in [9.17, 15) is 4.79 Å². The van der Waals surface area contributed by atoms with Crippen molar-refractivity contribution in [1.29, 1.82) is 0 Å². The lowest BCUT2D eigenvalue weighted by atomic mass is 9.90. The maximum atomic E-state index is 13.0. The third-order valence-corrected chi connectivity index (χ3v) is 4.95. The molecule has 1 fully saturated rings. The second-order valence-electron chi connectivity index (χ2n) is 6.05. The predicted molar refractivity (Wildman–Crippen MR) is 90.4 cm³/mol. The molecule has 1 aromatic carbocycles. The summed E-state index contributed by atoms with van der Waals surface area (Å²) in [5.74, 6) is 0.146. The molecule has 1 amide bonds. The zero-order valence-corrected chi connectivity index (χ0v) is 14.5. The van der Waals surface area contributed by atoms with E-state index in [4.69, 9.17) is 5.73 Å². The number of carbonyl (C=O) groups excluding carboxylic acids is 1. The van der Waals surface area contributed by atoms with Gasteiger partial charge in [0, 0.05) is 23.1 Å². The Labute approximate surface area is 136 Å². The molecule has 1 saturated carbocycles. The number of hydrogen-bond donors (Lipinski definition) is 1. The summed E-state index contributed by atoms with van der Waals surface area (Å²) in [6.45, 7) is 4.96. The van der Waals surface area contributed by atoms with Gasteiger partial charge in [-0.05, 0) is 67.1 Å². The van der Waals surface area contributed by atoms with Crippen molar-refractivity contribution < 1.29 is 4.79 Å². The van der Waals surface area contributed by atoms with Crippen LogP contribution in [-0.4, -0.2) is 29.4 Å². The average molecular weight is 353 g/mol. The van der Waals surface area contributed by atoms with Gasteiger partial charge < -0.3 is 10.6 Å². The number of nitrogens with zero attached hydrogens (tertiary/aromatic N) is 1. The Morgan fingerprint density at radius 1 is 1.33 bits per heavy atom. The van der Waals surface area contributed by atoms with Crippen LogP contribution in [-0.2, 0) is 0 Å². The molecule has 0 spiro atoms. The molecule has 1 aromatic rings. The lowest BCUT2D eigenvalue weighted by molar-refractivity contribution is 0.0625. The minimum atomic E-state index is 0.146. The van der Waals surface area contributed by atoms with Crippen LogP contribution in [0.3, 0.4) is 0 Å². The van der Waals surface area contributed by atoms with Gasteiger partial charge in [-0.1, -0.05) is 18.6 Å². The van der Waals surface area contributed by atoms with Gasteiger partial charge in [0.15, 0.2) is 0 Å². The fourth-order valence-electron chi connectivity index (χ4n) is 3.06. The summed E-state index contributed by atoms with van der Waals surface area (Å²) in [6.07, 6.45) is 5.07. The molecule has 0 aromatic heterocycles. The van der Waals surface area contributed by atoms with Gasteiger partial charge in [0.25, 0.3) is 5.91 Å². The number of carbonyl (C=O) groups is 1. The van der Waals surface area contributed by atoms with Crippen LogP contribution >= 0.6 is 15.9 Å². The second-order valence-corrected chi connectivity index (χ2v) is 6.90. The summed E-state index contributed by atoms with van der Waals surface area (Å²) in [6, 6.07) is 6.60. The van der Waals surface area contributed by atoms with Crippen molar-refractivity contribution in [1.82, 2.24) is 4.90 Å². The average Bonchev–Trinajstić information content (AvgIpc) is 2.48. The zero-order chi connectivity index (χ0) is 15.4. The molecule has 0 unspecified atom stereocenters. The largest absolute Gasteiger partial charge is 0.336 e. The van der Waals surface area contributed by atoms with Crippen molar-refractivity contribution in [3.05, 3.63) is 33.8 Å². The zero-order valence-electron chi connectivity index (χ0n) is 12.9. The highest BCUT2D eigenvalue weighted by Gasteiger charge is 2.28. The summed E-state index contributed by atoms with van der Waals surface area (Å²) >= 11 is 3.52. The Bertz CT molecular complexity index is 496. The molecule has 3 nitrogen and oxygen atoms in total. The highest BCUT2D eigenvalue weighted by molar-refractivity contribution is 9.10. The highest BCUT2D eigenvalue weighted by atomic mass is 79.9. The van der Waals surface area contributed by atoms with Crippen molar-refractivity contribution in [2.45, 2.75) is 58.0 Å². The SMILES string of the molecule is CCCN(C(=O)c1cc(C)ccc1Br)C1CCC(N)CC1. The van der Waals surface area contributed by atoms with Gasteiger partial charge in [0.2, 0.25) is 0 Å². The lowest BCUT2D eigenvalue weighted by Gasteiger charge is -2.36. The van der Waals surface area contributed by atoms with Gasteiger partial charge in [-0.3, -0.25) is 4.79 Å². The van der Waals surface area contributed by atoms with Crippen molar-refractivity contribution in [3.8, 4) is 0 Å². The van der Waals surface area contributed by atoms with Gasteiger partial charge in [0.1, 0.15) is 0 Å². The molecule has 0 heterocycles. The minimum Gasteiger partial charge on any atom is -0.336 e. The molecule has 21 heavy (non-hydrogen) atoms. The number of rotatable bonds is 4. The monoisotopic (exact) mass is 352 g/mol. The number of nitrogens with two attached hydrogens (primary N) is 1. The summed E-state index contributed by atoms with van der Waals surface area (Å²) in [5, 5.41) is 0. The summed E-state index contributed by atoms with van der Waals surface area (Å²) < 4.78 is 0.881. The first kappa shape index (κ1) is 16.5. The molecule has 4 heteroatoms. The lowest BCUT2D eigenvalue weighted by Crippen LogP contribution is -2.44. The van der Waals surface area contributed by atoms with Crippen molar-refractivity contribution >= 4 is 21.8 Å². The Hall–Kier alpha value is -0.870. The van der Waals surface area contributed by atoms with Gasteiger partial charge in [0.05, 0.1) is 5.56 Å². The molecule has 0 aliphatic heterocycles. The molecule has 2 N–H and O–H groups in total. The van der Waals surface area contributed by atoms with Crippen LogP contribution in [0.25, 0.3) is 0 Å². The van der Waals surface area contributed by atoms with Crippen molar-refractivity contribution in [3.63, 3.8) is 0 Å². The van der Waals surface area contributed by atoms with E-state index in [0.29, 0.717) is 12.1 Å². The van der Waals surface area contributed by atoms with Crippen LogP contribution in [0.2, 0.25) is 0 Å². The van der Waals surface area contributed by atoms with E-state index in [1.807, 2.05) is 25.1 Å². The van der Waals surface area contributed by atoms with Crippen LogP contribution in [0.1, 0.15) is 54.9 Å². The molecule has 0 saturated heterocycles. The van der Waals surface area contributed by atoms with Gasteiger partial charge in [-0.2, -0.15) is 0 Å². The van der Waals surface area contributed by atoms with Crippen molar-refractivity contribution in [2.75, 3.05) is 6.54 Å². The van der Waals surface area contributed by atoms with Crippen LogP contribution in [0.5, 0.6) is 0 Å². The van der Waals surface area contributed by atoms with Crippen molar-refractivity contribution in [2.24, 2.45) is 5.73 Å². The highest BCUT2D eigenvalue weighted by Crippen LogP contribution is 2.26. The second kappa shape index (κ2) is 7.41. The summed E-state index contributed by atoms with van der Waals surface area (Å²) in [7, 11) is 0. The Kier molecular flexibility index (Phi) is 5.82. The fourth-order valence-corrected chi connectivity index (χ4v) is 3.48. The predicted octanol–water partition coefficient (Wildman–Crippen LogP) is 3.88. The topological polar surface area (TPSA) is 46.3 Å². The molecule has 1 aliphatic rings. The maximum absolute atomic E-state index is 13.0. The van der Waals surface area contributed by atoms with Crippen LogP contribution < -0.4 is 5.73 Å². The first-order valence-corrected chi connectivity index (χ1v) is 8.65. The standard InChI is InChI=1S/C17H25BrN2O/c1-3-10-20(14-7-5-13(19)6-8-14)17(21)15-11-12(2)4-9-16(15)18/h4,9,11,13-14H,3,5-8,10,19H2,1-2H3. The Balaban J connectivity index is 2.20. The maximum Gasteiger partial charge on any atom is 0.255 e. The molecule has 1 aliphatic carbocycles. The van der Waals surface area contributed by atoms with E-state index in [-0.39, 0.29) is 5.91 Å². The first-order valence-electron chi connectivity index (χ1n) is 7.85. The molecule has 0 radical (unpaired) electrons. The van der Waals surface area contributed by atoms with E-state index in [0.717, 1.165) is 54.2 Å². The van der Waals surface area contributed by atoms with Crippen LogP contribution in [0.15, 0.2) is 22.7 Å².